The number of aliphatic imine (C=N–C) groups is 1. The molecule has 0 spiro atoms. The van der Waals surface area contributed by atoms with Crippen molar-refractivity contribution in [2.45, 2.75) is 33.1 Å². The molecule has 0 radical (unpaired) electrons. The van der Waals surface area contributed by atoms with E-state index in [-0.39, 0.29) is 24.0 Å². The number of nitrogens with one attached hydrogen (secondary N) is 1. The predicted molar refractivity (Wildman–Crippen MR) is 105 cm³/mol. The maximum absolute atomic E-state index is 5.45. The van der Waals surface area contributed by atoms with Crippen LogP contribution >= 0.6 is 24.0 Å². The van der Waals surface area contributed by atoms with Crippen molar-refractivity contribution in [1.29, 1.82) is 0 Å². The average molecular weight is 426 g/mol. The third kappa shape index (κ3) is 9.15. The highest BCUT2D eigenvalue weighted by molar-refractivity contribution is 14.0. The van der Waals surface area contributed by atoms with Crippen LogP contribution in [0.25, 0.3) is 0 Å². The first-order valence-corrected chi connectivity index (χ1v) is 8.43. The van der Waals surface area contributed by atoms with Crippen molar-refractivity contribution in [2.75, 3.05) is 60.0 Å². The Kier molecular flexibility index (Phi) is 13.3. The molecule has 1 rings (SSSR count). The fourth-order valence-corrected chi connectivity index (χ4v) is 2.54. The molecule has 0 amide bonds. The highest BCUT2D eigenvalue weighted by atomic mass is 127. The monoisotopic (exact) mass is 426 g/mol. The van der Waals surface area contributed by atoms with Crippen LogP contribution in [-0.2, 0) is 4.74 Å². The summed E-state index contributed by atoms with van der Waals surface area (Å²) < 4.78 is 5.45. The number of ether oxygens (including phenoxy) is 1. The van der Waals surface area contributed by atoms with Gasteiger partial charge in [0.1, 0.15) is 0 Å². The number of rotatable bonds is 9. The smallest absolute Gasteiger partial charge is 0.193 e. The maximum Gasteiger partial charge on any atom is 0.193 e. The van der Waals surface area contributed by atoms with Gasteiger partial charge in [-0.15, -0.1) is 24.0 Å². The third-order valence-corrected chi connectivity index (χ3v) is 3.89. The summed E-state index contributed by atoms with van der Waals surface area (Å²) in [6, 6.07) is 0. The molecule has 0 bridgehead atoms. The van der Waals surface area contributed by atoms with Gasteiger partial charge in [-0.3, -0.25) is 4.99 Å². The van der Waals surface area contributed by atoms with E-state index in [1.165, 1.54) is 19.3 Å². The number of unbranched alkanes of at least 4 members (excludes halogenated alkanes) is 1. The molecule has 1 N–H and O–H groups in total. The van der Waals surface area contributed by atoms with Crippen LogP contribution in [0.15, 0.2) is 4.99 Å². The van der Waals surface area contributed by atoms with Crippen molar-refractivity contribution < 1.29 is 4.74 Å². The van der Waals surface area contributed by atoms with Crippen LogP contribution in [-0.4, -0.2) is 75.8 Å². The zero-order chi connectivity index (χ0) is 15.5. The fraction of sp³-hybridized carbons (Fsp3) is 0.938. The molecular formula is C16H35IN4O. The first-order chi connectivity index (χ1) is 10.2. The van der Waals surface area contributed by atoms with Crippen molar-refractivity contribution in [3.8, 4) is 0 Å². The van der Waals surface area contributed by atoms with Crippen molar-refractivity contribution in [1.82, 2.24) is 15.1 Å². The summed E-state index contributed by atoms with van der Waals surface area (Å²) in [4.78, 5) is 9.36. The van der Waals surface area contributed by atoms with Gasteiger partial charge < -0.3 is 19.9 Å². The van der Waals surface area contributed by atoms with E-state index in [9.17, 15) is 0 Å². The van der Waals surface area contributed by atoms with Gasteiger partial charge >= 0.3 is 0 Å². The standard InChI is InChI=1S/C16H34N4O.HI/c1-5-7-10-19(3)11-9-18-16(17-6-2)20(4)13-15-8-12-21-14-15;/h15H,5-14H2,1-4H3,(H,17,18);1H. The molecule has 1 atom stereocenters. The van der Waals surface area contributed by atoms with Gasteiger partial charge in [-0.05, 0) is 33.4 Å². The molecule has 0 aromatic carbocycles. The maximum atomic E-state index is 5.45. The van der Waals surface area contributed by atoms with E-state index >= 15 is 0 Å². The van der Waals surface area contributed by atoms with Crippen LogP contribution in [0.1, 0.15) is 33.1 Å². The van der Waals surface area contributed by atoms with E-state index < -0.39 is 0 Å². The van der Waals surface area contributed by atoms with Crippen molar-refractivity contribution >= 4 is 29.9 Å². The molecule has 6 heteroatoms. The van der Waals surface area contributed by atoms with Crippen LogP contribution in [0.2, 0.25) is 0 Å². The van der Waals surface area contributed by atoms with Gasteiger partial charge in [-0.1, -0.05) is 13.3 Å². The lowest BCUT2D eigenvalue weighted by molar-refractivity contribution is 0.181. The molecule has 0 aliphatic carbocycles. The first kappa shape index (κ1) is 21.9. The quantitative estimate of drug-likeness (QED) is 0.349. The molecule has 0 aromatic rings. The predicted octanol–water partition coefficient (Wildman–Crippen LogP) is 2.27. The van der Waals surface area contributed by atoms with Gasteiger partial charge in [0, 0.05) is 39.2 Å². The number of hydrogen-bond acceptors (Lipinski definition) is 3. The van der Waals surface area contributed by atoms with Crippen molar-refractivity contribution in [3.05, 3.63) is 0 Å². The van der Waals surface area contributed by atoms with E-state index in [1.807, 2.05) is 0 Å². The summed E-state index contributed by atoms with van der Waals surface area (Å²) in [5.41, 5.74) is 0. The number of halogens is 1. The lowest BCUT2D eigenvalue weighted by atomic mass is 10.1. The lowest BCUT2D eigenvalue weighted by Crippen LogP contribution is -2.42. The Bertz CT molecular complexity index is 296. The summed E-state index contributed by atoms with van der Waals surface area (Å²) in [6.45, 7) is 11.1. The van der Waals surface area contributed by atoms with Gasteiger partial charge in [-0.2, -0.15) is 0 Å². The van der Waals surface area contributed by atoms with Crippen LogP contribution in [0.4, 0.5) is 0 Å². The largest absolute Gasteiger partial charge is 0.381 e. The van der Waals surface area contributed by atoms with E-state index in [2.05, 4.69) is 43.1 Å². The Morgan fingerprint density at radius 1 is 1.27 bits per heavy atom. The molecule has 1 unspecified atom stereocenters. The topological polar surface area (TPSA) is 40.1 Å². The second kappa shape index (κ2) is 13.4. The SMILES string of the molecule is CCCCN(C)CCN=C(NCC)N(C)CC1CCOC1.I. The zero-order valence-electron chi connectivity index (χ0n) is 14.8. The number of guanidine groups is 1. The summed E-state index contributed by atoms with van der Waals surface area (Å²) in [6.07, 6.45) is 3.69. The normalized spacial score (nSPS) is 18.4. The molecular weight excluding hydrogens is 391 g/mol. The molecule has 0 saturated carbocycles. The van der Waals surface area contributed by atoms with Crippen molar-refractivity contribution in [2.24, 2.45) is 10.9 Å². The van der Waals surface area contributed by atoms with E-state index in [0.717, 1.165) is 51.9 Å². The van der Waals surface area contributed by atoms with Gasteiger partial charge in [0.2, 0.25) is 0 Å². The molecule has 1 aliphatic heterocycles. The Morgan fingerprint density at radius 2 is 2.05 bits per heavy atom. The summed E-state index contributed by atoms with van der Waals surface area (Å²) in [5, 5.41) is 3.39. The van der Waals surface area contributed by atoms with Crippen molar-refractivity contribution in [3.63, 3.8) is 0 Å². The fourth-order valence-electron chi connectivity index (χ4n) is 2.54. The summed E-state index contributed by atoms with van der Waals surface area (Å²) in [5.74, 6) is 1.67. The minimum atomic E-state index is 0. The Hall–Kier alpha value is -0.0800. The minimum Gasteiger partial charge on any atom is -0.381 e. The average Bonchev–Trinajstić information content (AvgIpc) is 2.97. The number of hydrogen-bond donors (Lipinski definition) is 1. The second-order valence-electron chi connectivity index (χ2n) is 6.00. The van der Waals surface area contributed by atoms with Gasteiger partial charge in [0.05, 0.1) is 13.2 Å². The molecule has 1 heterocycles. The molecule has 0 aromatic heterocycles. The second-order valence-corrected chi connectivity index (χ2v) is 6.00. The van der Waals surface area contributed by atoms with Crippen LogP contribution < -0.4 is 5.32 Å². The lowest BCUT2D eigenvalue weighted by Gasteiger charge is -2.25. The molecule has 1 aliphatic rings. The van der Waals surface area contributed by atoms with Gasteiger partial charge in [0.25, 0.3) is 0 Å². The molecule has 5 nitrogen and oxygen atoms in total. The molecule has 1 saturated heterocycles. The zero-order valence-corrected chi connectivity index (χ0v) is 17.1. The van der Waals surface area contributed by atoms with Crippen LogP contribution in [0.5, 0.6) is 0 Å². The molecule has 22 heavy (non-hydrogen) atoms. The van der Waals surface area contributed by atoms with Gasteiger partial charge in [-0.25, -0.2) is 0 Å². The Labute approximate surface area is 153 Å². The Morgan fingerprint density at radius 3 is 2.64 bits per heavy atom. The van der Waals surface area contributed by atoms with E-state index in [0.29, 0.717) is 5.92 Å². The number of likely N-dealkylation sites (N-methyl/N-ethyl adjacent to an activating group) is 1. The first-order valence-electron chi connectivity index (χ1n) is 8.43. The molecule has 1 fully saturated rings. The van der Waals surface area contributed by atoms with Crippen LogP contribution in [0, 0.1) is 5.92 Å². The summed E-state index contributed by atoms with van der Waals surface area (Å²) in [7, 11) is 4.30. The summed E-state index contributed by atoms with van der Waals surface area (Å²) >= 11 is 0. The number of nitrogens with zero attached hydrogens (tertiary/aromatic N) is 3. The van der Waals surface area contributed by atoms with E-state index in [4.69, 9.17) is 9.73 Å². The van der Waals surface area contributed by atoms with E-state index in [1.54, 1.807) is 0 Å². The third-order valence-electron chi connectivity index (χ3n) is 3.89. The Balaban J connectivity index is 0.00000441. The highest BCUT2D eigenvalue weighted by Crippen LogP contribution is 2.13. The van der Waals surface area contributed by atoms with Crippen LogP contribution in [0.3, 0.4) is 0 Å². The molecule has 132 valence electrons. The minimum absolute atomic E-state index is 0. The van der Waals surface area contributed by atoms with Gasteiger partial charge in [0.15, 0.2) is 5.96 Å². The highest BCUT2D eigenvalue weighted by Gasteiger charge is 2.18.